The van der Waals surface area contributed by atoms with Gasteiger partial charge in [-0.3, -0.25) is 9.36 Å². The molecule has 0 atom stereocenters. The number of aromatic nitrogens is 12. The Morgan fingerprint density at radius 2 is 1.02 bits per heavy atom. The molecule has 0 aliphatic rings. The van der Waals surface area contributed by atoms with Crippen LogP contribution in [0.4, 0.5) is 0 Å². The van der Waals surface area contributed by atoms with E-state index in [-0.39, 0.29) is 0 Å². The third-order valence-electron chi connectivity index (χ3n) is 5.83. The molecule has 0 amide bonds. The molecule has 0 radical (unpaired) electrons. The van der Waals surface area contributed by atoms with Crippen molar-refractivity contribution in [3.8, 4) is 22.8 Å². The fourth-order valence-electron chi connectivity index (χ4n) is 3.78. The second kappa shape index (κ2) is 11.6. The summed E-state index contributed by atoms with van der Waals surface area (Å²) in [4.78, 5) is 3.16. The van der Waals surface area contributed by atoms with Crippen LogP contribution in [0.1, 0.15) is 11.1 Å². The lowest BCUT2D eigenvalue weighted by atomic mass is 10.2. The van der Waals surface area contributed by atoms with Gasteiger partial charge in [0.2, 0.25) is 11.6 Å². The number of tetrazole rings is 2. The number of hydrogen-bond acceptors (Lipinski definition) is 10. The van der Waals surface area contributed by atoms with Crippen molar-refractivity contribution < 1.29 is 0 Å². The summed E-state index contributed by atoms with van der Waals surface area (Å²) in [6.07, 6.45) is 3.51. The van der Waals surface area contributed by atoms with Crippen LogP contribution in [0, 0.1) is 0 Å². The predicted molar refractivity (Wildman–Crippen MR) is 158 cm³/mol. The van der Waals surface area contributed by atoms with E-state index in [1.165, 1.54) is 21.6 Å². The van der Waals surface area contributed by atoms with E-state index in [1.54, 1.807) is 31.4 Å². The van der Waals surface area contributed by atoms with E-state index < -0.39 is 0 Å². The van der Waals surface area contributed by atoms with Gasteiger partial charge in [-0.05, 0) is 67.4 Å². The number of halogens is 2. The van der Waals surface area contributed by atoms with Crippen molar-refractivity contribution in [3.05, 3.63) is 81.0 Å². The molecule has 0 fully saturated rings. The molecule has 12 nitrogen and oxygen atoms in total. The Kier molecular flexibility index (Phi) is 7.82. The first-order chi connectivity index (χ1) is 19.4. The molecule has 0 aliphatic carbocycles. The van der Waals surface area contributed by atoms with Gasteiger partial charge >= 0.3 is 0 Å². The second-order valence-corrected chi connectivity index (χ2v) is 12.6. The average Bonchev–Trinajstić information content (AvgIpc) is 3.74. The third kappa shape index (κ3) is 5.89. The number of rotatable bonds is 9. The van der Waals surface area contributed by atoms with Crippen LogP contribution in [0.15, 0.2) is 79.9 Å². The molecule has 4 aromatic heterocycles. The first-order valence-corrected chi connectivity index (χ1v) is 15.6. The van der Waals surface area contributed by atoms with Gasteiger partial charge in [0, 0.05) is 23.0 Å². The minimum atomic E-state index is 0.510. The average molecular weight is 700 g/mol. The van der Waals surface area contributed by atoms with E-state index in [2.05, 4.69) is 72.9 Å². The third-order valence-corrected chi connectivity index (χ3v) is 9.45. The highest BCUT2D eigenvalue weighted by molar-refractivity contribution is 9.10. The highest BCUT2D eigenvalue weighted by Gasteiger charge is 2.21. The molecule has 16 heteroatoms. The Hall–Kier alpha value is -3.34. The van der Waals surface area contributed by atoms with Crippen molar-refractivity contribution in [2.24, 2.45) is 14.1 Å². The highest BCUT2D eigenvalue weighted by Crippen LogP contribution is 2.43. The summed E-state index contributed by atoms with van der Waals surface area (Å²) in [7, 11) is 6.83. The van der Waals surface area contributed by atoms with E-state index >= 15 is 0 Å². The Bertz CT molecular complexity index is 1630. The lowest BCUT2D eigenvalue weighted by Gasteiger charge is -2.05. The summed E-state index contributed by atoms with van der Waals surface area (Å²) in [5.74, 6) is 1.02. The molecule has 4 heterocycles. The molecule has 0 bridgehead atoms. The van der Waals surface area contributed by atoms with Gasteiger partial charge in [0.15, 0.2) is 0 Å². The van der Waals surface area contributed by atoms with Crippen LogP contribution in [0.25, 0.3) is 22.8 Å². The molecular weight excluding hydrogens is 680 g/mol. The van der Waals surface area contributed by atoms with Crippen molar-refractivity contribution in [1.82, 2.24) is 60.0 Å². The molecule has 0 spiro atoms. The maximum atomic E-state index is 4.60. The monoisotopic (exact) mass is 698 g/mol. The number of hydrogen-bond donors (Lipinski definition) is 0. The zero-order valence-corrected chi connectivity index (χ0v) is 25.9. The molecule has 0 N–H and O–H groups in total. The van der Waals surface area contributed by atoms with Gasteiger partial charge in [-0.15, -0.1) is 20.4 Å². The zero-order valence-electron chi connectivity index (χ0n) is 21.1. The van der Waals surface area contributed by atoms with E-state index in [1.807, 2.05) is 62.6 Å². The number of aryl methyl sites for hydroxylation is 2. The Morgan fingerprint density at radius 3 is 1.43 bits per heavy atom. The van der Waals surface area contributed by atoms with Crippen molar-refractivity contribution >= 4 is 53.4 Å². The summed E-state index contributed by atoms with van der Waals surface area (Å²) < 4.78 is 5.64. The molecular formula is C24H20Br2N12S2. The highest BCUT2D eigenvalue weighted by atomic mass is 79.9. The minimum Gasteiger partial charge on any atom is -0.260 e. The quantitative estimate of drug-likeness (QED) is 0.193. The molecule has 0 saturated heterocycles. The van der Waals surface area contributed by atoms with Gasteiger partial charge in [0.05, 0.1) is 36.6 Å². The van der Waals surface area contributed by atoms with Crippen LogP contribution in [0.3, 0.4) is 0 Å². The molecule has 40 heavy (non-hydrogen) atoms. The summed E-state index contributed by atoms with van der Waals surface area (Å²) >= 11 is 6.92. The molecule has 6 rings (SSSR count). The van der Waals surface area contributed by atoms with Crippen molar-refractivity contribution in [1.29, 1.82) is 0 Å². The topological polar surface area (TPSA) is 123 Å². The Labute approximate surface area is 253 Å². The Balaban J connectivity index is 1.18. The lowest BCUT2D eigenvalue weighted by Crippen LogP contribution is -2.03. The van der Waals surface area contributed by atoms with Gasteiger partial charge in [-0.1, -0.05) is 56.1 Å². The van der Waals surface area contributed by atoms with Gasteiger partial charge in [-0.2, -0.15) is 19.8 Å². The maximum absolute atomic E-state index is 4.60. The van der Waals surface area contributed by atoms with Crippen LogP contribution in [0.2, 0.25) is 0 Å². The summed E-state index contributed by atoms with van der Waals surface area (Å²) in [6.45, 7) is 1.04. The van der Waals surface area contributed by atoms with Gasteiger partial charge in [0.1, 0.15) is 10.1 Å². The first-order valence-electron chi connectivity index (χ1n) is 11.9. The minimum absolute atomic E-state index is 0.510. The molecule has 202 valence electrons. The van der Waals surface area contributed by atoms with Crippen molar-refractivity contribution in [2.45, 2.75) is 23.1 Å². The van der Waals surface area contributed by atoms with E-state index in [4.69, 9.17) is 0 Å². The summed E-state index contributed by atoms with van der Waals surface area (Å²) in [5.41, 5.74) is 3.75. The molecule has 0 saturated carbocycles. The zero-order chi connectivity index (χ0) is 27.6. The van der Waals surface area contributed by atoms with Gasteiger partial charge in [0.25, 0.3) is 0 Å². The summed E-state index contributed by atoms with van der Waals surface area (Å²) in [5, 5.41) is 36.9. The van der Waals surface area contributed by atoms with Crippen LogP contribution < -0.4 is 0 Å². The van der Waals surface area contributed by atoms with Crippen LogP contribution in [-0.4, -0.2) is 60.0 Å². The lowest BCUT2D eigenvalue weighted by molar-refractivity contribution is 0.572. The van der Waals surface area contributed by atoms with Crippen LogP contribution in [-0.2, 0) is 27.2 Å². The van der Waals surface area contributed by atoms with Crippen LogP contribution in [0.5, 0.6) is 0 Å². The maximum Gasteiger partial charge on any atom is 0.209 e. The standard InChI is InChI=1S/C24H20Br2N12S2/c1-35-23(19(11-27-35)21-29-33-37(31-21)13-15-3-7-17(25)8-4-15)39-40-24-20(12-28-36(24)2)22-30-34-38(32-22)14-16-5-9-18(26)10-6-16/h3-12H,13-14H2,1-2H3. The fourth-order valence-corrected chi connectivity index (χ4v) is 6.90. The number of nitrogens with zero attached hydrogens (tertiary/aromatic N) is 12. The molecule has 0 unspecified atom stereocenters. The normalized spacial score (nSPS) is 11.4. The molecule has 2 aromatic carbocycles. The van der Waals surface area contributed by atoms with E-state index in [0.717, 1.165) is 41.3 Å². The molecule has 0 aliphatic heterocycles. The SMILES string of the molecule is Cn1ncc(-c2nnn(Cc3ccc(Br)cc3)n2)c1SSc1c(-c2nnn(Cc3ccc(Br)cc3)n2)cnn1C. The fraction of sp³-hybridized carbons (Fsp3) is 0.167. The number of benzene rings is 2. The van der Waals surface area contributed by atoms with Crippen molar-refractivity contribution in [3.63, 3.8) is 0 Å². The van der Waals surface area contributed by atoms with E-state index in [9.17, 15) is 0 Å². The van der Waals surface area contributed by atoms with E-state index in [0.29, 0.717) is 24.7 Å². The van der Waals surface area contributed by atoms with Crippen LogP contribution >= 0.6 is 53.4 Å². The van der Waals surface area contributed by atoms with Crippen molar-refractivity contribution in [2.75, 3.05) is 0 Å². The Morgan fingerprint density at radius 1 is 0.625 bits per heavy atom. The van der Waals surface area contributed by atoms with Gasteiger partial charge in [-0.25, -0.2) is 0 Å². The van der Waals surface area contributed by atoms with Gasteiger partial charge < -0.3 is 0 Å². The molecule has 6 aromatic rings. The first kappa shape index (κ1) is 26.9. The second-order valence-electron chi connectivity index (χ2n) is 8.68. The summed E-state index contributed by atoms with van der Waals surface area (Å²) in [6, 6.07) is 16.1. The smallest absolute Gasteiger partial charge is 0.209 e. The predicted octanol–water partition coefficient (Wildman–Crippen LogP) is 4.88. The largest absolute Gasteiger partial charge is 0.260 e.